The van der Waals surface area contributed by atoms with E-state index >= 15 is 0 Å². The Morgan fingerprint density at radius 3 is 2.38 bits per heavy atom. The maximum atomic E-state index is 12.1. The number of nitrogens with one attached hydrogen (secondary N) is 1. The van der Waals surface area contributed by atoms with E-state index in [0.717, 1.165) is 7.11 Å². The molecular formula is C14H24N4O8. The highest BCUT2D eigenvalue weighted by atomic mass is 16.6. The lowest BCUT2D eigenvalue weighted by Gasteiger charge is -2.42. The first-order valence-electron chi connectivity index (χ1n) is 7.79. The van der Waals surface area contributed by atoms with Crippen molar-refractivity contribution in [1.82, 2.24) is 5.32 Å². The molecule has 1 fully saturated rings. The molecule has 0 radical (unpaired) electrons. The number of amides is 1. The number of nitrogens with zero attached hydrogens (tertiary/aromatic N) is 3. The summed E-state index contributed by atoms with van der Waals surface area (Å²) in [6, 6.07) is -1.54. The number of aliphatic hydroxyl groups excluding tert-OH is 3. The summed E-state index contributed by atoms with van der Waals surface area (Å²) < 4.78 is 15.1. The maximum absolute atomic E-state index is 12.1. The summed E-state index contributed by atoms with van der Waals surface area (Å²) in [5, 5.41) is 35.6. The molecule has 0 saturated carbocycles. The van der Waals surface area contributed by atoms with Crippen molar-refractivity contribution in [3.63, 3.8) is 0 Å². The lowest BCUT2D eigenvalue weighted by atomic mass is 9.91. The van der Waals surface area contributed by atoms with Crippen molar-refractivity contribution < 1.29 is 39.1 Å². The predicted molar refractivity (Wildman–Crippen MR) is 85.9 cm³/mol. The number of esters is 1. The summed E-state index contributed by atoms with van der Waals surface area (Å²) in [7, 11) is 1.06. The van der Waals surface area contributed by atoms with Crippen molar-refractivity contribution in [3.05, 3.63) is 10.4 Å². The van der Waals surface area contributed by atoms with Gasteiger partial charge in [0, 0.05) is 4.91 Å². The van der Waals surface area contributed by atoms with Gasteiger partial charge in [0.25, 0.3) is 0 Å². The molecule has 6 atom stereocenters. The van der Waals surface area contributed by atoms with Gasteiger partial charge in [-0.1, -0.05) is 5.11 Å². The molecule has 26 heavy (non-hydrogen) atoms. The van der Waals surface area contributed by atoms with E-state index in [9.17, 15) is 24.9 Å². The number of aliphatic hydroxyl groups is 3. The number of hydrogen-bond donors (Lipinski definition) is 4. The van der Waals surface area contributed by atoms with E-state index < -0.39 is 54.2 Å². The van der Waals surface area contributed by atoms with Gasteiger partial charge in [-0.05, 0) is 26.3 Å². The summed E-state index contributed by atoms with van der Waals surface area (Å²) in [5.41, 5.74) is 7.54. The van der Waals surface area contributed by atoms with Crippen LogP contribution in [-0.4, -0.2) is 83.2 Å². The third-order valence-corrected chi connectivity index (χ3v) is 3.53. The lowest BCUT2D eigenvalue weighted by Crippen LogP contribution is -2.65. The van der Waals surface area contributed by atoms with E-state index in [1.807, 2.05) is 0 Å². The first-order valence-corrected chi connectivity index (χ1v) is 7.79. The molecule has 1 heterocycles. The summed E-state index contributed by atoms with van der Waals surface area (Å²) in [6.07, 6.45) is -8.66. The van der Waals surface area contributed by atoms with E-state index in [1.54, 1.807) is 20.8 Å². The molecule has 1 saturated heterocycles. The van der Waals surface area contributed by atoms with Crippen molar-refractivity contribution in [3.8, 4) is 0 Å². The number of alkyl carbamates (subject to hydrolysis) is 1. The Morgan fingerprint density at radius 2 is 1.88 bits per heavy atom. The Labute approximate surface area is 149 Å². The molecule has 4 N–H and O–H groups in total. The molecule has 0 aromatic heterocycles. The van der Waals surface area contributed by atoms with Gasteiger partial charge in [0.15, 0.2) is 6.04 Å². The molecule has 148 valence electrons. The number of hydrogen-bond acceptors (Lipinski definition) is 9. The van der Waals surface area contributed by atoms with Crippen LogP contribution in [0.1, 0.15) is 20.8 Å². The first-order chi connectivity index (χ1) is 12.0. The zero-order valence-corrected chi connectivity index (χ0v) is 14.9. The zero-order chi connectivity index (χ0) is 20.1. The lowest BCUT2D eigenvalue weighted by molar-refractivity contribution is -0.227. The van der Waals surface area contributed by atoms with Crippen LogP contribution in [0.4, 0.5) is 4.79 Å². The summed E-state index contributed by atoms with van der Waals surface area (Å²) >= 11 is 0. The molecule has 0 aromatic carbocycles. The Kier molecular flexibility index (Phi) is 7.60. The molecule has 1 amide bonds. The second-order valence-corrected chi connectivity index (χ2v) is 6.67. The van der Waals surface area contributed by atoms with E-state index in [1.165, 1.54) is 0 Å². The van der Waals surface area contributed by atoms with Crippen LogP contribution in [0.5, 0.6) is 0 Å². The fourth-order valence-electron chi connectivity index (χ4n) is 2.36. The van der Waals surface area contributed by atoms with Crippen molar-refractivity contribution in [2.45, 2.75) is 62.9 Å². The largest absolute Gasteiger partial charge is 0.467 e. The third kappa shape index (κ3) is 5.71. The highest BCUT2D eigenvalue weighted by molar-refractivity contribution is 5.82. The Balaban J connectivity index is 3.04. The van der Waals surface area contributed by atoms with Crippen molar-refractivity contribution >= 4 is 12.1 Å². The van der Waals surface area contributed by atoms with E-state index in [2.05, 4.69) is 20.1 Å². The molecule has 0 aliphatic carbocycles. The Bertz CT molecular complexity index is 560. The Morgan fingerprint density at radius 1 is 1.27 bits per heavy atom. The van der Waals surface area contributed by atoms with Gasteiger partial charge in [-0.25, -0.2) is 9.59 Å². The van der Waals surface area contributed by atoms with Crippen molar-refractivity contribution in [2.24, 2.45) is 5.11 Å². The first kappa shape index (κ1) is 21.9. The molecule has 0 unspecified atom stereocenters. The maximum Gasteiger partial charge on any atom is 0.408 e. The molecule has 12 nitrogen and oxygen atoms in total. The van der Waals surface area contributed by atoms with Crippen LogP contribution in [0.25, 0.3) is 10.4 Å². The van der Waals surface area contributed by atoms with Crippen LogP contribution >= 0.6 is 0 Å². The van der Waals surface area contributed by atoms with Crippen LogP contribution in [-0.2, 0) is 19.0 Å². The smallest absolute Gasteiger partial charge is 0.408 e. The monoisotopic (exact) mass is 376 g/mol. The molecule has 1 aliphatic heterocycles. The third-order valence-electron chi connectivity index (χ3n) is 3.53. The minimum atomic E-state index is -1.73. The standard InChI is InChI=1S/C14H24N4O8/c1-14(2,3)26-13(23)17-7(12(22)24-4)11-10(21)9(20)8(19)6(25-11)5-16-18-15/h6-11,19-21H,5H2,1-4H3,(H,17,23)/t6-,7+,8-,9+,10-,11+/m1/s1. The molecule has 12 heteroatoms. The fraction of sp³-hybridized carbons (Fsp3) is 0.857. The quantitative estimate of drug-likeness (QED) is 0.208. The van der Waals surface area contributed by atoms with Gasteiger partial charge in [0.2, 0.25) is 0 Å². The SMILES string of the molecule is COC(=O)[C@@H](NC(=O)OC(C)(C)C)[C@@H]1O[C@H](CN=[N+]=[N-])[C@@H](O)[C@H](O)[C@H]1O. The summed E-state index contributed by atoms with van der Waals surface area (Å²) in [6.45, 7) is 4.48. The highest BCUT2D eigenvalue weighted by Gasteiger charge is 2.49. The zero-order valence-electron chi connectivity index (χ0n) is 14.9. The van der Waals surface area contributed by atoms with Crippen LogP contribution in [0.15, 0.2) is 5.11 Å². The minimum Gasteiger partial charge on any atom is -0.467 e. The van der Waals surface area contributed by atoms with Gasteiger partial charge in [-0.2, -0.15) is 0 Å². The average Bonchev–Trinajstić information content (AvgIpc) is 2.55. The van der Waals surface area contributed by atoms with Gasteiger partial charge in [-0.3, -0.25) is 0 Å². The van der Waals surface area contributed by atoms with Crippen LogP contribution in [0, 0.1) is 0 Å². The molecule has 0 aromatic rings. The van der Waals surface area contributed by atoms with Gasteiger partial charge in [0.05, 0.1) is 19.8 Å². The molecule has 1 aliphatic rings. The van der Waals surface area contributed by atoms with Crippen LogP contribution in [0.3, 0.4) is 0 Å². The molecule has 1 rings (SSSR count). The topological polar surface area (TPSA) is 183 Å². The van der Waals surface area contributed by atoms with Crippen LogP contribution in [0.2, 0.25) is 0 Å². The van der Waals surface area contributed by atoms with Gasteiger partial charge >= 0.3 is 12.1 Å². The van der Waals surface area contributed by atoms with Crippen molar-refractivity contribution in [1.29, 1.82) is 0 Å². The second kappa shape index (κ2) is 9.01. The van der Waals surface area contributed by atoms with Gasteiger partial charge < -0.3 is 34.8 Å². The molecule has 0 spiro atoms. The number of rotatable bonds is 5. The number of methoxy groups -OCH3 is 1. The van der Waals surface area contributed by atoms with E-state index in [4.69, 9.17) is 15.0 Å². The normalized spacial score (nSPS) is 29.9. The average molecular weight is 376 g/mol. The summed E-state index contributed by atoms with van der Waals surface area (Å²) in [5.74, 6) is -0.967. The fourth-order valence-corrected chi connectivity index (χ4v) is 2.36. The van der Waals surface area contributed by atoms with Gasteiger partial charge in [-0.15, -0.1) is 0 Å². The Hall–Kier alpha value is -2.11. The van der Waals surface area contributed by atoms with E-state index in [-0.39, 0.29) is 6.54 Å². The number of carbonyl (C=O) groups is 2. The second-order valence-electron chi connectivity index (χ2n) is 6.67. The van der Waals surface area contributed by atoms with Crippen LogP contribution < -0.4 is 5.32 Å². The molecular weight excluding hydrogens is 352 g/mol. The predicted octanol–water partition coefficient (Wildman–Crippen LogP) is -0.787. The number of azide groups is 1. The molecule has 0 bridgehead atoms. The summed E-state index contributed by atoms with van der Waals surface area (Å²) in [4.78, 5) is 26.6. The highest BCUT2D eigenvalue weighted by Crippen LogP contribution is 2.24. The van der Waals surface area contributed by atoms with E-state index in [0.29, 0.717) is 0 Å². The minimum absolute atomic E-state index is 0.363. The number of carbonyl (C=O) groups excluding carboxylic acids is 2. The van der Waals surface area contributed by atoms with Crippen molar-refractivity contribution in [2.75, 3.05) is 13.7 Å². The van der Waals surface area contributed by atoms with Gasteiger partial charge in [0.1, 0.15) is 30.0 Å². The number of ether oxygens (including phenoxy) is 3.